The van der Waals surface area contributed by atoms with Gasteiger partial charge in [0.25, 0.3) is 0 Å². The number of hydrogen-bond donors (Lipinski definition) is 1. The van der Waals surface area contributed by atoms with Gasteiger partial charge in [0.2, 0.25) is 5.91 Å². The second-order valence-corrected chi connectivity index (χ2v) is 6.59. The van der Waals surface area contributed by atoms with Gasteiger partial charge in [0.1, 0.15) is 5.82 Å². The highest BCUT2D eigenvalue weighted by Gasteiger charge is 2.21. The molecule has 7 nitrogen and oxygen atoms in total. The number of rotatable bonds is 4. The predicted molar refractivity (Wildman–Crippen MR) is 115 cm³/mol. The number of aliphatic imine (C=N–C) groups is 1. The Kier molecular flexibility index (Phi) is 8.40. The van der Waals surface area contributed by atoms with E-state index in [1.807, 2.05) is 23.1 Å². The lowest BCUT2D eigenvalue weighted by Crippen LogP contribution is -2.49. The number of anilines is 1. The van der Waals surface area contributed by atoms with E-state index in [2.05, 4.69) is 19.8 Å². The van der Waals surface area contributed by atoms with E-state index in [1.165, 1.54) is 19.3 Å². The number of piperidine rings is 1. The number of amides is 1. The Morgan fingerprint density at radius 2 is 1.77 bits per heavy atom. The van der Waals surface area contributed by atoms with Crippen LogP contribution in [0.4, 0.5) is 5.82 Å². The molecular formula is C18H29IN6O. The van der Waals surface area contributed by atoms with Crippen molar-refractivity contribution in [3.05, 3.63) is 24.4 Å². The fraction of sp³-hybridized carbons (Fsp3) is 0.611. The van der Waals surface area contributed by atoms with Gasteiger partial charge in [0.05, 0.1) is 6.54 Å². The van der Waals surface area contributed by atoms with E-state index in [1.54, 1.807) is 6.20 Å². The van der Waals surface area contributed by atoms with Crippen LogP contribution in [-0.2, 0) is 4.79 Å². The van der Waals surface area contributed by atoms with Crippen LogP contribution in [-0.4, -0.2) is 72.5 Å². The molecule has 2 aliphatic heterocycles. The molecule has 2 saturated heterocycles. The van der Waals surface area contributed by atoms with Gasteiger partial charge in [-0.25, -0.2) is 4.98 Å². The Morgan fingerprint density at radius 3 is 2.42 bits per heavy atom. The first-order valence-corrected chi connectivity index (χ1v) is 9.22. The Balaban J connectivity index is 0.00000243. The van der Waals surface area contributed by atoms with Crippen LogP contribution < -0.4 is 10.6 Å². The highest BCUT2D eigenvalue weighted by Crippen LogP contribution is 2.13. The van der Waals surface area contributed by atoms with E-state index in [-0.39, 0.29) is 29.9 Å². The van der Waals surface area contributed by atoms with Crippen LogP contribution in [0.1, 0.15) is 25.7 Å². The molecule has 26 heavy (non-hydrogen) atoms. The summed E-state index contributed by atoms with van der Waals surface area (Å²) in [7, 11) is 0. The Hall–Kier alpha value is -1.58. The molecule has 3 rings (SSSR count). The molecule has 0 unspecified atom stereocenters. The minimum atomic E-state index is 0. The number of nitrogens with two attached hydrogens (primary N) is 1. The van der Waals surface area contributed by atoms with Gasteiger partial charge >= 0.3 is 0 Å². The lowest BCUT2D eigenvalue weighted by atomic mass is 10.1. The van der Waals surface area contributed by atoms with E-state index >= 15 is 0 Å². The maximum Gasteiger partial charge on any atom is 0.224 e. The Labute approximate surface area is 172 Å². The smallest absolute Gasteiger partial charge is 0.224 e. The van der Waals surface area contributed by atoms with Crippen LogP contribution in [0.2, 0.25) is 0 Å². The van der Waals surface area contributed by atoms with Crippen molar-refractivity contribution in [1.82, 2.24) is 14.8 Å². The van der Waals surface area contributed by atoms with E-state index in [9.17, 15) is 4.79 Å². The molecule has 2 aliphatic rings. The van der Waals surface area contributed by atoms with Gasteiger partial charge in [-0.15, -0.1) is 24.0 Å². The third-order valence-corrected chi connectivity index (χ3v) is 4.89. The molecule has 0 radical (unpaired) electrons. The summed E-state index contributed by atoms with van der Waals surface area (Å²) in [6.07, 6.45) is 5.86. The van der Waals surface area contributed by atoms with Crippen molar-refractivity contribution in [2.24, 2.45) is 10.7 Å². The number of likely N-dealkylation sites (tertiary alicyclic amines) is 1. The molecule has 1 amide bonds. The van der Waals surface area contributed by atoms with Crippen molar-refractivity contribution in [3.63, 3.8) is 0 Å². The summed E-state index contributed by atoms with van der Waals surface area (Å²) in [6, 6.07) is 5.92. The lowest BCUT2D eigenvalue weighted by molar-refractivity contribution is -0.131. The van der Waals surface area contributed by atoms with Gasteiger partial charge in [0.15, 0.2) is 5.96 Å². The average Bonchev–Trinajstić information content (AvgIpc) is 2.69. The normalized spacial score (nSPS) is 18.5. The summed E-state index contributed by atoms with van der Waals surface area (Å²) < 4.78 is 0. The van der Waals surface area contributed by atoms with Crippen molar-refractivity contribution in [2.75, 3.05) is 50.7 Å². The summed E-state index contributed by atoms with van der Waals surface area (Å²) in [6.45, 7) is 5.56. The van der Waals surface area contributed by atoms with Crippen LogP contribution in [0.15, 0.2) is 29.4 Å². The summed E-state index contributed by atoms with van der Waals surface area (Å²) >= 11 is 0. The maximum atomic E-state index is 12.4. The van der Waals surface area contributed by atoms with E-state index in [0.717, 1.165) is 45.1 Å². The second-order valence-electron chi connectivity index (χ2n) is 6.59. The SMILES string of the molecule is I.NC(=NCCC(=O)N1CCN(c2ccccn2)CC1)N1CCCCC1. The van der Waals surface area contributed by atoms with Crippen LogP contribution in [0.5, 0.6) is 0 Å². The van der Waals surface area contributed by atoms with Gasteiger partial charge < -0.3 is 20.4 Å². The van der Waals surface area contributed by atoms with Crippen molar-refractivity contribution < 1.29 is 4.79 Å². The first-order chi connectivity index (χ1) is 12.2. The predicted octanol–water partition coefficient (Wildman–Crippen LogP) is 1.54. The fourth-order valence-corrected chi connectivity index (χ4v) is 3.37. The molecule has 2 N–H and O–H groups in total. The van der Waals surface area contributed by atoms with E-state index in [4.69, 9.17) is 5.73 Å². The number of piperazine rings is 1. The monoisotopic (exact) mass is 472 g/mol. The number of pyridine rings is 1. The largest absolute Gasteiger partial charge is 0.370 e. The molecule has 2 fully saturated rings. The summed E-state index contributed by atoms with van der Waals surface area (Å²) in [4.78, 5) is 27.4. The number of carbonyl (C=O) groups excluding carboxylic acids is 1. The molecule has 3 heterocycles. The summed E-state index contributed by atoms with van der Waals surface area (Å²) in [5.74, 6) is 1.73. The number of aromatic nitrogens is 1. The lowest BCUT2D eigenvalue weighted by Gasteiger charge is -2.35. The number of nitrogens with zero attached hydrogens (tertiary/aromatic N) is 5. The molecular weight excluding hydrogens is 443 g/mol. The quantitative estimate of drug-likeness (QED) is 0.409. The third-order valence-electron chi connectivity index (χ3n) is 4.89. The minimum absolute atomic E-state index is 0. The summed E-state index contributed by atoms with van der Waals surface area (Å²) in [5, 5.41) is 0. The molecule has 0 atom stereocenters. The second kappa shape index (κ2) is 10.5. The molecule has 1 aromatic heterocycles. The van der Waals surface area contributed by atoms with Crippen molar-refractivity contribution >= 4 is 41.7 Å². The zero-order valence-corrected chi connectivity index (χ0v) is 17.5. The highest BCUT2D eigenvalue weighted by atomic mass is 127. The van der Waals surface area contributed by atoms with Gasteiger partial charge in [-0.05, 0) is 31.4 Å². The fourth-order valence-electron chi connectivity index (χ4n) is 3.37. The van der Waals surface area contributed by atoms with Crippen LogP contribution >= 0.6 is 24.0 Å². The molecule has 0 aliphatic carbocycles. The number of hydrogen-bond acceptors (Lipinski definition) is 4. The first-order valence-electron chi connectivity index (χ1n) is 9.22. The first kappa shape index (κ1) is 20.7. The van der Waals surface area contributed by atoms with Gasteiger partial charge in [0, 0.05) is 51.9 Å². The van der Waals surface area contributed by atoms with E-state index in [0.29, 0.717) is 18.9 Å². The maximum absolute atomic E-state index is 12.4. The van der Waals surface area contributed by atoms with Crippen molar-refractivity contribution in [1.29, 1.82) is 0 Å². The minimum Gasteiger partial charge on any atom is -0.370 e. The standard InChI is InChI=1S/C18H28N6O.HI/c19-18(24-10-4-1-5-11-24)21-9-7-17(25)23-14-12-22(13-15-23)16-6-2-3-8-20-16;/h2-3,6,8H,1,4-5,7,9-15H2,(H2,19,21);1H. The molecule has 0 saturated carbocycles. The van der Waals surface area contributed by atoms with Crippen LogP contribution in [0.25, 0.3) is 0 Å². The van der Waals surface area contributed by atoms with Crippen molar-refractivity contribution in [2.45, 2.75) is 25.7 Å². The van der Waals surface area contributed by atoms with Crippen molar-refractivity contribution in [3.8, 4) is 0 Å². The molecule has 144 valence electrons. The highest BCUT2D eigenvalue weighted by molar-refractivity contribution is 14.0. The summed E-state index contributed by atoms with van der Waals surface area (Å²) in [5.41, 5.74) is 6.03. The molecule has 0 bridgehead atoms. The molecule has 1 aromatic rings. The van der Waals surface area contributed by atoms with Gasteiger partial charge in [-0.1, -0.05) is 6.07 Å². The molecule has 8 heteroatoms. The zero-order valence-electron chi connectivity index (χ0n) is 15.2. The number of guanidine groups is 1. The molecule has 0 spiro atoms. The Morgan fingerprint density at radius 1 is 1.04 bits per heavy atom. The molecule has 0 aromatic carbocycles. The average molecular weight is 472 g/mol. The Bertz CT molecular complexity index is 583. The topological polar surface area (TPSA) is 78.1 Å². The van der Waals surface area contributed by atoms with Crippen LogP contribution in [0.3, 0.4) is 0 Å². The van der Waals surface area contributed by atoms with Crippen LogP contribution in [0, 0.1) is 0 Å². The number of carbonyl (C=O) groups is 1. The van der Waals surface area contributed by atoms with Gasteiger partial charge in [-0.2, -0.15) is 0 Å². The zero-order chi connectivity index (χ0) is 17.5. The van der Waals surface area contributed by atoms with E-state index < -0.39 is 0 Å². The third kappa shape index (κ3) is 5.72. The number of halogens is 1. The van der Waals surface area contributed by atoms with Gasteiger partial charge in [-0.3, -0.25) is 9.79 Å².